The average Bonchev–Trinajstić information content (AvgIpc) is 2.28. The van der Waals surface area contributed by atoms with Gasteiger partial charge in [-0.2, -0.15) is 0 Å². The van der Waals surface area contributed by atoms with Crippen LogP contribution in [0.15, 0.2) is 12.1 Å². The molecule has 0 fully saturated rings. The first kappa shape index (κ1) is 14.8. The van der Waals surface area contributed by atoms with Gasteiger partial charge in [0, 0.05) is 16.8 Å². The molecule has 0 saturated carbocycles. The summed E-state index contributed by atoms with van der Waals surface area (Å²) in [4.78, 5) is 11.1. The summed E-state index contributed by atoms with van der Waals surface area (Å²) in [6.07, 6.45) is 0.978. The van der Waals surface area contributed by atoms with Crippen LogP contribution in [0.4, 0.5) is 5.69 Å². The fourth-order valence-electron chi connectivity index (χ4n) is 1.99. The first-order chi connectivity index (χ1) is 8.36. The van der Waals surface area contributed by atoms with Crippen molar-refractivity contribution in [3.63, 3.8) is 0 Å². The van der Waals surface area contributed by atoms with E-state index in [-0.39, 0.29) is 5.56 Å². The Balaban J connectivity index is 3.12. The number of benzene rings is 1. The maximum atomic E-state index is 11.1. The van der Waals surface area contributed by atoms with Gasteiger partial charge in [-0.25, -0.2) is 4.79 Å². The first-order valence-corrected chi connectivity index (χ1v) is 6.54. The largest absolute Gasteiger partial charge is 0.478 e. The molecular formula is C14H20ClNO2. The summed E-state index contributed by atoms with van der Waals surface area (Å²) in [5.74, 6) is -0.475. The molecule has 0 aliphatic heterocycles. The quantitative estimate of drug-likeness (QED) is 0.842. The Morgan fingerprint density at radius 2 is 2.06 bits per heavy atom. The lowest BCUT2D eigenvalue weighted by Crippen LogP contribution is -2.25. The Morgan fingerprint density at radius 3 is 2.50 bits per heavy atom. The number of rotatable bonds is 5. The molecule has 0 bridgehead atoms. The van der Waals surface area contributed by atoms with E-state index < -0.39 is 5.97 Å². The highest BCUT2D eigenvalue weighted by atomic mass is 35.5. The van der Waals surface area contributed by atoms with Crippen molar-refractivity contribution < 1.29 is 9.90 Å². The highest BCUT2D eigenvalue weighted by molar-refractivity contribution is 6.31. The summed E-state index contributed by atoms with van der Waals surface area (Å²) in [5, 5.41) is 13.0. The Labute approximate surface area is 113 Å². The number of hydrogen-bond acceptors (Lipinski definition) is 2. The number of nitrogens with one attached hydrogen (secondary N) is 1. The molecule has 18 heavy (non-hydrogen) atoms. The van der Waals surface area contributed by atoms with Crippen molar-refractivity contribution in [2.75, 3.05) is 5.32 Å². The van der Waals surface area contributed by atoms with E-state index in [2.05, 4.69) is 26.1 Å². The van der Waals surface area contributed by atoms with Gasteiger partial charge in [-0.05, 0) is 37.0 Å². The molecule has 2 N–H and O–H groups in total. The number of halogens is 1. The van der Waals surface area contributed by atoms with Gasteiger partial charge in [0.15, 0.2) is 0 Å². The van der Waals surface area contributed by atoms with E-state index in [0.717, 1.165) is 17.7 Å². The van der Waals surface area contributed by atoms with E-state index in [4.69, 9.17) is 16.7 Å². The number of anilines is 1. The second kappa shape index (κ2) is 6.10. The molecule has 0 aliphatic carbocycles. The molecule has 1 rings (SSSR count). The third kappa shape index (κ3) is 3.39. The van der Waals surface area contributed by atoms with Crippen LogP contribution in [0.3, 0.4) is 0 Å². The van der Waals surface area contributed by atoms with E-state index in [9.17, 15) is 4.79 Å². The fraction of sp³-hybridized carbons (Fsp3) is 0.500. The second-order valence-corrected chi connectivity index (χ2v) is 5.27. The number of carbonyl (C=O) groups is 1. The van der Waals surface area contributed by atoms with Gasteiger partial charge in [0.05, 0.1) is 5.56 Å². The SMILES string of the molecule is CCC(Nc1cc(Cl)cc(C(=O)O)c1C)C(C)C. The van der Waals surface area contributed by atoms with Crippen molar-refractivity contribution in [3.8, 4) is 0 Å². The maximum Gasteiger partial charge on any atom is 0.336 e. The molecule has 1 atom stereocenters. The Hall–Kier alpha value is -1.22. The molecule has 100 valence electrons. The minimum Gasteiger partial charge on any atom is -0.478 e. The van der Waals surface area contributed by atoms with Crippen LogP contribution < -0.4 is 5.32 Å². The summed E-state index contributed by atoms with van der Waals surface area (Å²) < 4.78 is 0. The van der Waals surface area contributed by atoms with Gasteiger partial charge >= 0.3 is 5.97 Å². The van der Waals surface area contributed by atoms with Crippen molar-refractivity contribution in [2.45, 2.75) is 40.2 Å². The Bertz CT molecular complexity index is 444. The topological polar surface area (TPSA) is 49.3 Å². The number of carboxylic acids is 1. The van der Waals surface area contributed by atoms with Crippen molar-refractivity contribution >= 4 is 23.3 Å². The van der Waals surface area contributed by atoms with E-state index in [1.54, 1.807) is 13.0 Å². The van der Waals surface area contributed by atoms with Crippen LogP contribution in [0.25, 0.3) is 0 Å². The number of hydrogen-bond donors (Lipinski definition) is 2. The van der Waals surface area contributed by atoms with E-state index in [1.807, 2.05) is 0 Å². The lowest BCUT2D eigenvalue weighted by Gasteiger charge is -2.23. The number of aromatic carboxylic acids is 1. The Kier molecular flexibility index (Phi) is 5.03. The van der Waals surface area contributed by atoms with Gasteiger partial charge in [-0.1, -0.05) is 32.4 Å². The third-order valence-corrected chi connectivity index (χ3v) is 3.41. The molecule has 0 heterocycles. The standard InChI is InChI=1S/C14H20ClNO2/c1-5-12(8(2)3)16-13-7-10(15)6-11(9(13)4)14(17)18/h6-8,12,16H,5H2,1-4H3,(H,17,18). The molecule has 0 amide bonds. The van der Waals surface area contributed by atoms with Gasteiger partial charge in [0.2, 0.25) is 0 Å². The molecule has 0 saturated heterocycles. The predicted octanol–water partition coefficient (Wildman–Crippen LogP) is 4.19. The van der Waals surface area contributed by atoms with Crippen LogP contribution in [-0.4, -0.2) is 17.1 Å². The van der Waals surface area contributed by atoms with Crippen LogP contribution >= 0.6 is 11.6 Å². The molecule has 0 aliphatic rings. The lowest BCUT2D eigenvalue weighted by molar-refractivity contribution is 0.0696. The van der Waals surface area contributed by atoms with Gasteiger partial charge in [0.25, 0.3) is 0 Å². The monoisotopic (exact) mass is 269 g/mol. The summed E-state index contributed by atoms with van der Waals surface area (Å²) in [6, 6.07) is 3.58. The zero-order valence-electron chi connectivity index (χ0n) is 11.2. The van der Waals surface area contributed by atoms with Gasteiger partial charge in [-0.15, -0.1) is 0 Å². The lowest BCUT2D eigenvalue weighted by atomic mass is 10.00. The van der Waals surface area contributed by atoms with Crippen molar-refractivity contribution in [1.82, 2.24) is 0 Å². The third-order valence-electron chi connectivity index (χ3n) is 3.19. The van der Waals surface area contributed by atoms with E-state index >= 15 is 0 Å². The van der Waals surface area contributed by atoms with Crippen molar-refractivity contribution in [1.29, 1.82) is 0 Å². The molecule has 1 aromatic carbocycles. The molecule has 0 aromatic heterocycles. The molecular weight excluding hydrogens is 250 g/mol. The van der Waals surface area contributed by atoms with Crippen molar-refractivity contribution in [3.05, 3.63) is 28.3 Å². The zero-order valence-corrected chi connectivity index (χ0v) is 12.0. The van der Waals surface area contributed by atoms with Crippen LogP contribution in [0, 0.1) is 12.8 Å². The smallest absolute Gasteiger partial charge is 0.336 e. The summed E-state index contributed by atoms with van der Waals surface area (Å²) in [5.41, 5.74) is 1.79. The fourth-order valence-corrected chi connectivity index (χ4v) is 2.21. The molecule has 1 aromatic rings. The van der Waals surface area contributed by atoms with Crippen LogP contribution in [0.2, 0.25) is 5.02 Å². The van der Waals surface area contributed by atoms with Crippen LogP contribution in [0.5, 0.6) is 0 Å². The predicted molar refractivity (Wildman–Crippen MR) is 75.7 cm³/mol. The highest BCUT2D eigenvalue weighted by Crippen LogP contribution is 2.27. The first-order valence-electron chi connectivity index (χ1n) is 6.16. The molecule has 3 nitrogen and oxygen atoms in total. The molecule has 1 unspecified atom stereocenters. The van der Waals surface area contributed by atoms with Gasteiger partial charge < -0.3 is 10.4 Å². The van der Waals surface area contributed by atoms with Gasteiger partial charge in [0.1, 0.15) is 0 Å². The zero-order chi connectivity index (χ0) is 13.9. The summed E-state index contributed by atoms with van der Waals surface area (Å²) in [6.45, 7) is 8.18. The molecule has 0 spiro atoms. The highest BCUT2D eigenvalue weighted by Gasteiger charge is 2.16. The van der Waals surface area contributed by atoms with Crippen molar-refractivity contribution in [2.24, 2.45) is 5.92 Å². The second-order valence-electron chi connectivity index (χ2n) is 4.83. The minimum absolute atomic E-state index is 0.253. The van der Waals surface area contributed by atoms with E-state index in [1.165, 1.54) is 6.07 Å². The van der Waals surface area contributed by atoms with Crippen LogP contribution in [0.1, 0.15) is 43.1 Å². The normalized spacial score (nSPS) is 12.6. The molecule has 0 radical (unpaired) electrons. The van der Waals surface area contributed by atoms with Gasteiger partial charge in [-0.3, -0.25) is 0 Å². The van der Waals surface area contributed by atoms with Crippen LogP contribution in [-0.2, 0) is 0 Å². The Morgan fingerprint density at radius 1 is 1.44 bits per heavy atom. The summed E-state index contributed by atoms with van der Waals surface area (Å²) in [7, 11) is 0. The number of carboxylic acid groups (broad SMARTS) is 1. The molecule has 4 heteroatoms. The summed E-state index contributed by atoms with van der Waals surface area (Å²) >= 11 is 5.97. The minimum atomic E-state index is -0.948. The average molecular weight is 270 g/mol. The van der Waals surface area contributed by atoms with E-state index in [0.29, 0.717) is 17.0 Å². The maximum absolute atomic E-state index is 11.1.